The summed E-state index contributed by atoms with van der Waals surface area (Å²) in [6, 6.07) is 0. The van der Waals surface area contributed by atoms with Crippen molar-refractivity contribution >= 4 is 16.7 Å². The molecule has 5 nitrogen and oxygen atoms in total. The van der Waals surface area contributed by atoms with Gasteiger partial charge in [0.25, 0.3) is 0 Å². The quantitative estimate of drug-likeness (QED) is 0.634. The van der Waals surface area contributed by atoms with Crippen molar-refractivity contribution in [3.63, 3.8) is 0 Å². The summed E-state index contributed by atoms with van der Waals surface area (Å²) in [6.45, 7) is 2.70. The number of nitrogens with zero attached hydrogens (tertiary/aromatic N) is 3. The second-order valence-electron chi connectivity index (χ2n) is 3.16. The molecule has 0 saturated carbocycles. The normalized spacial score (nSPS) is 28.4. The van der Waals surface area contributed by atoms with Crippen LogP contribution in [0.15, 0.2) is 0 Å². The van der Waals surface area contributed by atoms with Crippen molar-refractivity contribution in [2.75, 3.05) is 18.0 Å². The summed E-state index contributed by atoms with van der Waals surface area (Å²) in [5, 5.41) is 19.4. The average molecular weight is 201 g/mol. The van der Waals surface area contributed by atoms with Crippen molar-refractivity contribution in [3.05, 3.63) is 5.82 Å². The first-order valence-electron chi connectivity index (χ1n) is 4.08. The Hall–Kier alpha value is -0.720. The Balaban J connectivity index is 2.11. The number of hydrogen-bond donors (Lipinski definition) is 2. The van der Waals surface area contributed by atoms with Gasteiger partial charge in [0, 0.05) is 24.6 Å². The van der Waals surface area contributed by atoms with Crippen molar-refractivity contribution < 1.29 is 10.2 Å². The van der Waals surface area contributed by atoms with Crippen molar-refractivity contribution in [1.82, 2.24) is 9.36 Å². The van der Waals surface area contributed by atoms with E-state index in [2.05, 4.69) is 9.36 Å². The second kappa shape index (κ2) is 3.21. The molecule has 1 fully saturated rings. The first-order chi connectivity index (χ1) is 6.16. The van der Waals surface area contributed by atoms with Crippen LogP contribution in [-0.4, -0.2) is 44.9 Å². The molecular weight excluding hydrogens is 190 g/mol. The smallest absolute Gasteiger partial charge is 0.205 e. The van der Waals surface area contributed by atoms with Crippen LogP contribution in [0, 0.1) is 6.92 Å². The van der Waals surface area contributed by atoms with Crippen LogP contribution in [0.25, 0.3) is 0 Å². The standard InChI is InChI=1S/C7H11N3O2S/c1-4-8-7(13-9-4)10-2-5(11)6(12)3-10/h5-6,11-12H,2-3H2,1H3/t5-,6+. The Morgan fingerprint density at radius 2 is 2.00 bits per heavy atom. The fourth-order valence-electron chi connectivity index (χ4n) is 1.34. The summed E-state index contributed by atoms with van der Waals surface area (Å²) in [7, 11) is 0. The van der Waals surface area contributed by atoms with Gasteiger partial charge in [0.05, 0.1) is 12.2 Å². The predicted octanol–water partition coefficient (Wildman–Crippen LogP) is -0.612. The van der Waals surface area contributed by atoms with E-state index in [4.69, 9.17) is 0 Å². The third-order valence-electron chi connectivity index (χ3n) is 2.05. The summed E-state index contributed by atoms with van der Waals surface area (Å²) in [5.74, 6) is 0.732. The fraction of sp³-hybridized carbons (Fsp3) is 0.714. The molecule has 0 aliphatic carbocycles. The molecule has 0 bridgehead atoms. The van der Waals surface area contributed by atoms with Gasteiger partial charge in [0.15, 0.2) is 0 Å². The minimum absolute atomic E-state index is 0.440. The minimum atomic E-state index is -0.663. The van der Waals surface area contributed by atoms with Crippen molar-refractivity contribution in [3.8, 4) is 0 Å². The monoisotopic (exact) mass is 201 g/mol. The minimum Gasteiger partial charge on any atom is -0.389 e. The van der Waals surface area contributed by atoms with Crippen LogP contribution >= 0.6 is 11.5 Å². The lowest BCUT2D eigenvalue weighted by Crippen LogP contribution is -2.22. The molecule has 1 aromatic heterocycles. The molecule has 0 radical (unpaired) electrons. The molecule has 1 aromatic rings. The zero-order valence-corrected chi connectivity index (χ0v) is 8.03. The van der Waals surface area contributed by atoms with Crippen molar-refractivity contribution in [2.45, 2.75) is 19.1 Å². The van der Waals surface area contributed by atoms with Crippen molar-refractivity contribution in [2.24, 2.45) is 0 Å². The molecular formula is C7H11N3O2S. The number of rotatable bonds is 1. The highest BCUT2D eigenvalue weighted by molar-refractivity contribution is 7.09. The number of β-amino-alcohol motifs (C(OH)–C–C–N with tert-alkyl or cyclic N) is 2. The van der Waals surface area contributed by atoms with Crippen LogP contribution in [0.5, 0.6) is 0 Å². The van der Waals surface area contributed by atoms with Gasteiger partial charge in [-0.3, -0.25) is 0 Å². The Bertz CT molecular complexity index is 294. The molecule has 2 rings (SSSR count). The van der Waals surface area contributed by atoms with Gasteiger partial charge in [0.2, 0.25) is 5.13 Å². The highest BCUT2D eigenvalue weighted by Gasteiger charge is 2.31. The molecule has 0 spiro atoms. The van der Waals surface area contributed by atoms with E-state index in [1.165, 1.54) is 11.5 Å². The first kappa shape index (κ1) is 8.86. The third-order valence-corrected chi connectivity index (χ3v) is 2.91. The molecule has 1 aliphatic rings. The van der Waals surface area contributed by atoms with Gasteiger partial charge in [-0.15, -0.1) is 0 Å². The zero-order valence-electron chi connectivity index (χ0n) is 7.21. The van der Waals surface area contributed by atoms with Crippen LogP contribution in [0.2, 0.25) is 0 Å². The first-order valence-corrected chi connectivity index (χ1v) is 4.85. The highest BCUT2D eigenvalue weighted by atomic mass is 32.1. The van der Waals surface area contributed by atoms with Crippen LogP contribution in [0.4, 0.5) is 5.13 Å². The lowest BCUT2D eigenvalue weighted by atomic mass is 10.3. The number of hydrogen-bond acceptors (Lipinski definition) is 6. The van der Waals surface area contributed by atoms with E-state index in [-0.39, 0.29) is 0 Å². The maximum absolute atomic E-state index is 9.30. The van der Waals surface area contributed by atoms with Gasteiger partial charge in [-0.1, -0.05) is 0 Å². The van der Waals surface area contributed by atoms with Gasteiger partial charge in [-0.25, -0.2) is 4.98 Å². The van der Waals surface area contributed by atoms with E-state index in [9.17, 15) is 10.2 Å². The van der Waals surface area contributed by atoms with Gasteiger partial charge < -0.3 is 15.1 Å². The van der Waals surface area contributed by atoms with E-state index in [0.29, 0.717) is 13.1 Å². The lowest BCUT2D eigenvalue weighted by molar-refractivity contribution is 0.0572. The van der Waals surface area contributed by atoms with Crippen molar-refractivity contribution in [1.29, 1.82) is 0 Å². The Morgan fingerprint density at radius 1 is 1.38 bits per heavy atom. The molecule has 0 unspecified atom stereocenters. The highest BCUT2D eigenvalue weighted by Crippen LogP contribution is 2.22. The zero-order chi connectivity index (χ0) is 9.42. The van der Waals surface area contributed by atoms with Gasteiger partial charge >= 0.3 is 0 Å². The maximum Gasteiger partial charge on any atom is 0.205 e. The molecule has 2 heterocycles. The van der Waals surface area contributed by atoms with Crippen LogP contribution in [0.3, 0.4) is 0 Å². The summed E-state index contributed by atoms with van der Waals surface area (Å²) >= 11 is 1.29. The molecule has 1 aliphatic heterocycles. The molecule has 13 heavy (non-hydrogen) atoms. The largest absolute Gasteiger partial charge is 0.389 e. The maximum atomic E-state index is 9.30. The van der Waals surface area contributed by atoms with Crippen LogP contribution < -0.4 is 4.90 Å². The number of aryl methyl sites for hydroxylation is 1. The fourth-order valence-corrected chi connectivity index (χ4v) is 2.03. The second-order valence-corrected chi connectivity index (χ2v) is 3.89. The van der Waals surface area contributed by atoms with Crippen LogP contribution in [0.1, 0.15) is 5.82 Å². The number of aliphatic hydroxyl groups is 2. The van der Waals surface area contributed by atoms with Gasteiger partial charge in [-0.2, -0.15) is 4.37 Å². The Labute approximate surface area is 79.8 Å². The number of anilines is 1. The van der Waals surface area contributed by atoms with Gasteiger partial charge in [0.1, 0.15) is 5.82 Å². The van der Waals surface area contributed by atoms with Gasteiger partial charge in [-0.05, 0) is 6.92 Å². The van der Waals surface area contributed by atoms with E-state index < -0.39 is 12.2 Å². The third kappa shape index (κ3) is 1.65. The summed E-state index contributed by atoms with van der Waals surface area (Å²) in [6.07, 6.45) is -1.33. The Kier molecular flexibility index (Phi) is 2.19. The van der Waals surface area contributed by atoms with E-state index in [1.807, 2.05) is 11.8 Å². The molecule has 0 amide bonds. The van der Waals surface area contributed by atoms with Crippen LogP contribution in [-0.2, 0) is 0 Å². The lowest BCUT2D eigenvalue weighted by Gasteiger charge is -2.11. The summed E-state index contributed by atoms with van der Waals surface area (Å²) in [5.41, 5.74) is 0. The molecule has 2 atom stereocenters. The SMILES string of the molecule is Cc1nsc(N2C[C@@H](O)[C@@H](O)C2)n1. The topological polar surface area (TPSA) is 69.5 Å². The summed E-state index contributed by atoms with van der Waals surface area (Å²) in [4.78, 5) is 6.02. The van der Waals surface area contributed by atoms with E-state index in [0.717, 1.165) is 11.0 Å². The molecule has 0 aromatic carbocycles. The Morgan fingerprint density at radius 3 is 2.46 bits per heavy atom. The number of aromatic nitrogens is 2. The summed E-state index contributed by atoms with van der Waals surface area (Å²) < 4.78 is 4.04. The molecule has 72 valence electrons. The molecule has 6 heteroatoms. The molecule has 2 N–H and O–H groups in total. The van der Waals surface area contributed by atoms with E-state index >= 15 is 0 Å². The number of aliphatic hydroxyl groups excluding tert-OH is 2. The molecule has 1 saturated heterocycles. The predicted molar refractivity (Wildman–Crippen MR) is 48.9 cm³/mol. The average Bonchev–Trinajstić information content (AvgIpc) is 2.61. The van der Waals surface area contributed by atoms with E-state index in [1.54, 1.807) is 0 Å².